The number of amides is 1. The Morgan fingerprint density at radius 1 is 1.27 bits per heavy atom. The monoisotopic (exact) mass is 297 g/mol. The Morgan fingerprint density at radius 3 is 2.86 bits per heavy atom. The molecule has 0 unspecified atom stereocenters. The number of hydrogen-bond acceptors (Lipinski definition) is 5. The van der Waals surface area contributed by atoms with Crippen LogP contribution in [0.25, 0.3) is 0 Å². The summed E-state index contributed by atoms with van der Waals surface area (Å²) in [7, 11) is 0. The molecule has 0 spiro atoms. The van der Waals surface area contributed by atoms with Gasteiger partial charge in [0.05, 0.1) is 11.3 Å². The van der Waals surface area contributed by atoms with E-state index in [2.05, 4.69) is 15.5 Å². The number of fused-ring (bicyclic) bond motifs is 1. The Bertz CT molecular complexity index is 701. The molecule has 1 aromatic carbocycles. The van der Waals surface area contributed by atoms with Crippen LogP contribution in [0, 0.1) is 0 Å². The first-order valence-electron chi connectivity index (χ1n) is 6.87. The molecule has 0 aliphatic carbocycles. The van der Waals surface area contributed by atoms with Crippen LogP contribution in [-0.4, -0.2) is 29.3 Å². The van der Waals surface area contributed by atoms with Gasteiger partial charge in [0.2, 0.25) is 0 Å². The molecule has 1 N–H and O–H groups in total. The molecule has 3 rings (SSSR count). The SMILES string of the molecule is C/C(=N/NC(=O)c1cccnc1)[C@H]1COc2ccccc2O1. The van der Waals surface area contributed by atoms with Crippen LogP contribution in [-0.2, 0) is 0 Å². The number of benzene rings is 1. The maximum Gasteiger partial charge on any atom is 0.272 e. The smallest absolute Gasteiger partial charge is 0.272 e. The number of carbonyl (C=O) groups excluding carboxylic acids is 1. The summed E-state index contributed by atoms with van der Waals surface area (Å²) in [4.78, 5) is 15.8. The molecule has 1 atom stereocenters. The van der Waals surface area contributed by atoms with Crippen LogP contribution in [0.2, 0.25) is 0 Å². The second kappa shape index (κ2) is 6.26. The number of ether oxygens (including phenoxy) is 2. The van der Waals surface area contributed by atoms with Crippen molar-refractivity contribution in [2.45, 2.75) is 13.0 Å². The van der Waals surface area contributed by atoms with Gasteiger partial charge in [-0.2, -0.15) is 5.10 Å². The molecule has 0 saturated carbocycles. The Morgan fingerprint density at radius 2 is 2.09 bits per heavy atom. The standard InChI is InChI=1S/C16H15N3O3/c1-11(18-19-16(20)12-5-4-8-17-9-12)15-10-21-13-6-2-3-7-14(13)22-15/h2-9,15H,10H2,1H3,(H,19,20)/b18-11-/t15-/m1/s1. The van der Waals surface area contributed by atoms with E-state index < -0.39 is 0 Å². The van der Waals surface area contributed by atoms with Crippen molar-refractivity contribution in [3.05, 3.63) is 54.4 Å². The fourth-order valence-corrected chi connectivity index (χ4v) is 2.00. The lowest BCUT2D eigenvalue weighted by Crippen LogP contribution is -2.36. The predicted octanol–water partition coefficient (Wildman–Crippen LogP) is 2.03. The molecule has 22 heavy (non-hydrogen) atoms. The van der Waals surface area contributed by atoms with Crippen LogP contribution in [0.3, 0.4) is 0 Å². The number of nitrogens with zero attached hydrogens (tertiary/aromatic N) is 2. The lowest BCUT2D eigenvalue weighted by Gasteiger charge is -2.26. The number of hydrogen-bond donors (Lipinski definition) is 1. The molecule has 0 bridgehead atoms. The summed E-state index contributed by atoms with van der Waals surface area (Å²) >= 11 is 0. The third-order valence-corrected chi connectivity index (χ3v) is 3.23. The third kappa shape index (κ3) is 3.06. The molecule has 1 amide bonds. The van der Waals surface area contributed by atoms with Crippen LogP contribution in [0.4, 0.5) is 0 Å². The Kier molecular flexibility index (Phi) is 4.00. The molecule has 0 fully saturated rings. The molecule has 1 aromatic heterocycles. The molecule has 2 heterocycles. The van der Waals surface area contributed by atoms with E-state index in [0.717, 1.165) is 0 Å². The van der Waals surface area contributed by atoms with Crippen LogP contribution in [0.15, 0.2) is 53.9 Å². The summed E-state index contributed by atoms with van der Waals surface area (Å²) in [6.45, 7) is 2.14. The normalized spacial score (nSPS) is 17.0. The largest absolute Gasteiger partial charge is 0.485 e. The van der Waals surface area contributed by atoms with E-state index in [1.807, 2.05) is 24.3 Å². The molecule has 1 aliphatic heterocycles. The van der Waals surface area contributed by atoms with Gasteiger partial charge in [-0.25, -0.2) is 5.43 Å². The Labute approximate surface area is 127 Å². The molecule has 0 saturated heterocycles. The highest BCUT2D eigenvalue weighted by Gasteiger charge is 2.23. The summed E-state index contributed by atoms with van der Waals surface area (Å²) in [6, 6.07) is 10.8. The quantitative estimate of drug-likeness (QED) is 0.695. The molecule has 6 nitrogen and oxygen atoms in total. The predicted molar refractivity (Wildman–Crippen MR) is 81.2 cm³/mol. The van der Waals surface area contributed by atoms with Crippen molar-refractivity contribution in [1.29, 1.82) is 0 Å². The van der Waals surface area contributed by atoms with Gasteiger partial charge in [0, 0.05) is 12.4 Å². The van der Waals surface area contributed by atoms with Gasteiger partial charge in [0.15, 0.2) is 17.6 Å². The van der Waals surface area contributed by atoms with E-state index >= 15 is 0 Å². The van der Waals surface area contributed by atoms with Gasteiger partial charge < -0.3 is 9.47 Å². The average Bonchev–Trinajstić information content (AvgIpc) is 2.59. The van der Waals surface area contributed by atoms with Crippen molar-refractivity contribution in [3.8, 4) is 11.5 Å². The molecular weight excluding hydrogens is 282 g/mol. The van der Waals surface area contributed by atoms with Crippen molar-refractivity contribution >= 4 is 11.6 Å². The fraction of sp³-hybridized carbons (Fsp3) is 0.188. The zero-order valence-electron chi connectivity index (χ0n) is 12.0. The highest BCUT2D eigenvalue weighted by atomic mass is 16.6. The molecule has 2 aromatic rings. The second-order valence-corrected chi connectivity index (χ2v) is 4.80. The van der Waals surface area contributed by atoms with Crippen molar-refractivity contribution in [2.24, 2.45) is 5.10 Å². The van der Waals surface area contributed by atoms with Gasteiger partial charge in [-0.05, 0) is 31.2 Å². The van der Waals surface area contributed by atoms with Crippen molar-refractivity contribution in [2.75, 3.05) is 6.61 Å². The zero-order valence-corrected chi connectivity index (χ0v) is 12.0. The summed E-state index contributed by atoms with van der Waals surface area (Å²) < 4.78 is 11.4. The van der Waals surface area contributed by atoms with Gasteiger partial charge in [0.1, 0.15) is 6.61 Å². The topological polar surface area (TPSA) is 72.8 Å². The summed E-state index contributed by atoms with van der Waals surface area (Å²) in [5, 5.41) is 4.08. The third-order valence-electron chi connectivity index (χ3n) is 3.23. The van der Waals surface area contributed by atoms with Gasteiger partial charge in [-0.15, -0.1) is 0 Å². The van der Waals surface area contributed by atoms with Gasteiger partial charge in [-0.3, -0.25) is 9.78 Å². The van der Waals surface area contributed by atoms with Crippen LogP contribution < -0.4 is 14.9 Å². The average molecular weight is 297 g/mol. The number of carbonyl (C=O) groups is 1. The highest BCUT2D eigenvalue weighted by molar-refractivity contribution is 5.95. The lowest BCUT2D eigenvalue weighted by atomic mass is 10.2. The summed E-state index contributed by atoms with van der Waals surface area (Å²) in [5.74, 6) is 1.07. The number of para-hydroxylation sites is 2. The van der Waals surface area contributed by atoms with Crippen LogP contribution in [0.1, 0.15) is 17.3 Å². The molecule has 112 valence electrons. The molecule has 6 heteroatoms. The number of nitrogens with one attached hydrogen (secondary N) is 1. The fourth-order valence-electron chi connectivity index (χ4n) is 2.00. The number of aromatic nitrogens is 1. The van der Waals surface area contributed by atoms with Crippen molar-refractivity contribution in [3.63, 3.8) is 0 Å². The first-order chi connectivity index (χ1) is 10.7. The Balaban J connectivity index is 1.65. The maximum absolute atomic E-state index is 11.9. The van der Waals surface area contributed by atoms with Gasteiger partial charge in [0.25, 0.3) is 5.91 Å². The highest BCUT2D eigenvalue weighted by Crippen LogP contribution is 2.31. The van der Waals surface area contributed by atoms with E-state index in [-0.39, 0.29) is 12.0 Å². The van der Waals surface area contributed by atoms with Gasteiger partial charge in [-0.1, -0.05) is 12.1 Å². The minimum Gasteiger partial charge on any atom is -0.485 e. The van der Waals surface area contributed by atoms with E-state index in [1.165, 1.54) is 6.20 Å². The number of rotatable bonds is 3. The van der Waals surface area contributed by atoms with Crippen LogP contribution >= 0.6 is 0 Å². The van der Waals surface area contributed by atoms with Crippen molar-refractivity contribution in [1.82, 2.24) is 10.4 Å². The summed E-state index contributed by atoms with van der Waals surface area (Å²) in [6.07, 6.45) is 2.76. The Hall–Kier alpha value is -2.89. The minimum absolute atomic E-state index is 0.315. The molecular formula is C16H15N3O3. The van der Waals surface area contributed by atoms with E-state index in [9.17, 15) is 4.79 Å². The first-order valence-corrected chi connectivity index (χ1v) is 6.87. The van der Waals surface area contributed by atoms with Crippen LogP contribution in [0.5, 0.6) is 11.5 Å². The zero-order chi connectivity index (χ0) is 15.4. The number of pyridine rings is 1. The lowest BCUT2D eigenvalue weighted by molar-refractivity contribution is 0.0952. The maximum atomic E-state index is 11.9. The molecule has 0 radical (unpaired) electrons. The van der Waals surface area contributed by atoms with E-state index in [0.29, 0.717) is 29.4 Å². The minimum atomic E-state index is -0.330. The molecule has 1 aliphatic rings. The van der Waals surface area contributed by atoms with Crippen molar-refractivity contribution < 1.29 is 14.3 Å². The van der Waals surface area contributed by atoms with E-state index in [4.69, 9.17) is 9.47 Å². The van der Waals surface area contributed by atoms with E-state index in [1.54, 1.807) is 25.3 Å². The number of hydrazone groups is 1. The first kappa shape index (κ1) is 14.1. The summed E-state index contributed by atoms with van der Waals surface area (Å²) in [5.41, 5.74) is 3.57. The van der Waals surface area contributed by atoms with Gasteiger partial charge >= 0.3 is 0 Å². The second-order valence-electron chi connectivity index (χ2n) is 4.80.